The summed E-state index contributed by atoms with van der Waals surface area (Å²) in [6.07, 6.45) is -2.63. The predicted octanol–water partition coefficient (Wildman–Crippen LogP) is -15.4. The number of rotatable bonds is 8. The summed E-state index contributed by atoms with van der Waals surface area (Å²) in [5, 5.41) is 9.96. The molecule has 1 aromatic heterocycles. The first-order chi connectivity index (χ1) is 13.1. The Labute approximate surface area is 275 Å². The summed E-state index contributed by atoms with van der Waals surface area (Å²) >= 11 is 0. The maximum Gasteiger partial charge on any atom is 1.00 e. The Balaban J connectivity index is -0.00000225. The molecule has 2 unspecified atom stereocenters. The van der Waals surface area contributed by atoms with Crippen molar-refractivity contribution >= 4 is 29.3 Å². The van der Waals surface area contributed by atoms with Crippen molar-refractivity contribution in [3.05, 3.63) is 22.2 Å². The van der Waals surface area contributed by atoms with Gasteiger partial charge in [0.2, 0.25) is 0 Å². The first-order valence-corrected chi connectivity index (χ1v) is 11.9. The van der Waals surface area contributed by atoms with Gasteiger partial charge in [0.25, 0.3) is 15.6 Å². The average molecular weight is 569 g/mol. The minimum atomic E-state index is -6.11. The third-order valence-electron chi connectivity index (χ3n) is 3.49. The predicted molar refractivity (Wildman–Crippen MR) is 83.1 cm³/mol. The quantitative estimate of drug-likeness (QED) is 0.218. The van der Waals surface area contributed by atoms with Crippen LogP contribution in [0.5, 0.6) is 0 Å². The van der Waals surface area contributed by atoms with Gasteiger partial charge in [0, 0.05) is 18.2 Å². The van der Waals surface area contributed by atoms with Gasteiger partial charge in [-0.1, -0.05) is 0 Å². The van der Waals surface area contributed by atoms with Gasteiger partial charge in [-0.05, 0) is 6.92 Å². The van der Waals surface area contributed by atoms with E-state index in [1.54, 1.807) is 6.92 Å². The molecule has 5 atom stereocenters. The number of hydrogen-bond acceptors (Lipinski definition) is 15. The Morgan fingerprint density at radius 1 is 1.15 bits per heavy atom. The van der Waals surface area contributed by atoms with Crippen molar-refractivity contribution in [3.8, 4) is 0 Å². The van der Waals surface area contributed by atoms with Gasteiger partial charge in [-0.2, -0.15) is 4.98 Å². The number of ether oxygens (including phenoxy) is 1. The van der Waals surface area contributed by atoms with E-state index < -0.39 is 54.2 Å². The number of phosphoric ester groups is 1. The number of nitrogens with two attached hydrogens (primary N) is 1. The number of hydrogen-bond donors (Lipinski definition) is 2. The molecule has 0 amide bonds. The van der Waals surface area contributed by atoms with Gasteiger partial charge < -0.3 is 44.2 Å². The van der Waals surface area contributed by atoms with E-state index in [-0.39, 0.29) is 130 Å². The second kappa shape index (κ2) is 16.2. The van der Waals surface area contributed by atoms with E-state index >= 15 is 0 Å². The van der Waals surface area contributed by atoms with E-state index in [1.807, 2.05) is 0 Å². The maximum absolute atomic E-state index is 11.9. The first-order valence-electron chi connectivity index (χ1n) is 7.49. The molecule has 1 saturated heterocycles. The van der Waals surface area contributed by atoms with Gasteiger partial charge in [-0.15, -0.1) is 0 Å². The smallest absolute Gasteiger partial charge is 0.790 e. The van der Waals surface area contributed by atoms with Crippen molar-refractivity contribution in [1.29, 1.82) is 0 Å². The Kier molecular flexibility index (Phi) is 19.9. The molecule has 33 heavy (non-hydrogen) atoms. The van der Waals surface area contributed by atoms with Gasteiger partial charge in [-0.3, -0.25) is 18.0 Å². The Morgan fingerprint density at radius 2 is 1.70 bits per heavy atom. The van der Waals surface area contributed by atoms with E-state index in [4.69, 9.17) is 10.5 Å². The second-order valence-corrected chi connectivity index (χ2v) is 9.98. The third-order valence-corrected chi connectivity index (χ3v) is 7.15. The number of aromatic nitrogens is 2. The zero-order valence-corrected chi connectivity index (χ0v) is 29.1. The fourth-order valence-electron chi connectivity index (χ4n) is 2.27. The van der Waals surface area contributed by atoms with E-state index in [9.17, 15) is 43.2 Å². The summed E-state index contributed by atoms with van der Waals surface area (Å²) in [6, 6.07) is 0. The monoisotopic (exact) mass is 569 g/mol. The van der Waals surface area contributed by atoms with Crippen LogP contribution in [0.25, 0.3) is 0 Å². The van der Waals surface area contributed by atoms with E-state index in [0.29, 0.717) is 5.56 Å². The van der Waals surface area contributed by atoms with Crippen LogP contribution in [0.4, 0.5) is 5.82 Å². The van der Waals surface area contributed by atoms with Crippen LogP contribution in [-0.4, -0.2) is 33.5 Å². The summed E-state index contributed by atoms with van der Waals surface area (Å²) in [5.74, 6) is -0.0147. The van der Waals surface area contributed by atoms with Gasteiger partial charge >= 0.3 is 124 Å². The van der Waals surface area contributed by atoms with Crippen LogP contribution in [0.1, 0.15) is 18.2 Å². The number of anilines is 1. The Bertz CT molecular complexity index is 977. The number of nitrogens with zero attached hydrogens (tertiary/aromatic N) is 2. The molecule has 0 radical (unpaired) electrons. The summed E-state index contributed by atoms with van der Waals surface area (Å²) in [6.45, 7) is 0.586. The van der Waals surface area contributed by atoms with Crippen LogP contribution in [0.2, 0.25) is 0 Å². The molecular formula is C10H14N3Na4O13P3. The Hall–Kier alpha value is 3.01. The van der Waals surface area contributed by atoms with Gasteiger partial charge in [-0.25, -0.2) is 9.11 Å². The van der Waals surface area contributed by atoms with Gasteiger partial charge in [0.05, 0.1) is 20.5 Å². The molecule has 16 nitrogen and oxygen atoms in total. The van der Waals surface area contributed by atoms with Crippen molar-refractivity contribution in [2.24, 2.45) is 0 Å². The van der Waals surface area contributed by atoms with Crippen LogP contribution in [0, 0.1) is 6.92 Å². The zero-order chi connectivity index (χ0) is 22.2. The molecular weight excluding hydrogens is 555 g/mol. The van der Waals surface area contributed by atoms with Crippen LogP contribution < -0.4 is 149 Å². The summed E-state index contributed by atoms with van der Waals surface area (Å²) in [7, 11) is -17.9. The fraction of sp³-hybridized carbons (Fsp3) is 0.600. The van der Waals surface area contributed by atoms with E-state index in [0.717, 1.165) is 4.57 Å². The first kappa shape index (κ1) is 40.5. The minimum Gasteiger partial charge on any atom is -0.790 e. The SMILES string of the molecule is Cc1cn([C@H]2C[C@H](O)[C@@H](COP(=O)([O-])OP(=O)([O-])OP(=O)([O-])[O-])O2)c(=O)nc1N.[Na+].[Na+].[Na+].[Na+]. The molecule has 0 aromatic carbocycles. The fourth-order valence-corrected chi connectivity index (χ4v) is 5.13. The summed E-state index contributed by atoms with van der Waals surface area (Å²) < 4.78 is 49.8. The summed E-state index contributed by atoms with van der Waals surface area (Å²) in [5.41, 5.74) is 5.13. The second-order valence-electron chi connectivity index (χ2n) is 5.73. The zero-order valence-electron chi connectivity index (χ0n) is 18.4. The molecule has 1 aliphatic rings. The molecule has 1 aliphatic heterocycles. The van der Waals surface area contributed by atoms with Crippen molar-refractivity contribution in [2.45, 2.75) is 31.8 Å². The normalized spacial score (nSPS) is 23.5. The molecule has 2 heterocycles. The molecule has 0 bridgehead atoms. The molecule has 0 aliphatic carbocycles. The molecule has 1 fully saturated rings. The van der Waals surface area contributed by atoms with Crippen LogP contribution in [0.3, 0.4) is 0 Å². The number of aryl methyl sites for hydroxylation is 1. The third kappa shape index (κ3) is 13.6. The van der Waals surface area contributed by atoms with Crippen molar-refractivity contribution < 1.29 is 174 Å². The molecule has 1 aromatic rings. The van der Waals surface area contributed by atoms with Gasteiger partial charge in [0.15, 0.2) is 0 Å². The molecule has 0 saturated carbocycles. The van der Waals surface area contributed by atoms with Crippen molar-refractivity contribution in [1.82, 2.24) is 9.55 Å². The van der Waals surface area contributed by atoms with Crippen molar-refractivity contribution in [2.75, 3.05) is 12.3 Å². The number of aliphatic hydroxyl groups excluding tert-OH is 1. The number of phosphoric acid groups is 3. The molecule has 0 spiro atoms. The van der Waals surface area contributed by atoms with Crippen LogP contribution in [-0.2, 0) is 31.6 Å². The van der Waals surface area contributed by atoms with Crippen molar-refractivity contribution in [3.63, 3.8) is 0 Å². The number of aliphatic hydroxyl groups is 1. The largest absolute Gasteiger partial charge is 1.00 e. The van der Waals surface area contributed by atoms with Crippen LogP contribution in [0.15, 0.2) is 11.0 Å². The van der Waals surface area contributed by atoms with E-state index in [1.165, 1.54) is 6.20 Å². The molecule has 3 N–H and O–H groups in total. The average Bonchev–Trinajstić information content (AvgIpc) is 2.86. The summed E-state index contributed by atoms with van der Waals surface area (Å²) in [4.78, 5) is 58.5. The minimum absolute atomic E-state index is 0. The molecule has 2 rings (SSSR count). The van der Waals surface area contributed by atoms with Gasteiger partial charge in [0.1, 0.15) is 18.1 Å². The maximum atomic E-state index is 11.9. The van der Waals surface area contributed by atoms with Crippen LogP contribution >= 0.6 is 23.5 Å². The standard InChI is InChI=1S/C10H18N3O13P3.4Na/c1-5-3-13(10(15)12-9(5)11)8-2-6(14)7(24-8)4-23-28(19,20)26-29(21,22)25-27(16,17)18;;;;/h3,6-8,14H,2,4H2,1H3,(H,19,20)(H,21,22)(H2,11,12,15)(H2,16,17,18);;;;/q;4*+1/p-4/t6-,7+,8+;;;;/m0..../s1. The topological polar surface area (TPSA) is 262 Å². The Morgan fingerprint density at radius 3 is 2.21 bits per heavy atom. The molecule has 166 valence electrons. The molecule has 23 heteroatoms. The van der Waals surface area contributed by atoms with E-state index in [2.05, 4.69) is 18.1 Å². The number of nitrogen functional groups attached to an aromatic ring is 1.